The van der Waals surface area contributed by atoms with Gasteiger partial charge in [-0.05, 0) is 19.4 Å². The average molecular weight is 187 g/mol. The Balaban J connectivity index is 2.23. The van der Waals surface area contributed by atoms with Crippen molar-refractivity contribution in [3.8, 4) is 0 Å². The second-order valence-electron chi connectivity index (χ2n) is 3.59. The number of aliphatic carboxylic acids is 1. The number of carbonyl (C=O) groups is 1. The molecule has 0 aliphatic carbocycles. The van der Waals surface area contributed by atoms with Crippen LogP contribution in [0.25, 0.3) is 0 Å². The summed E-state index contributed by atoms with van der Waals surface area (Å²) in [6.45, 7) is 0.986. The molecule has 2 saturated heterocycles. The zero-order valence-electron chi connectivity index (χ0n) is 6.88. The van der Waals surface area contributed by atoms with Crippen LogP contribution >= 0.6 is 11.8 Å². The molecule has 2 heterocycles. The Labute approximate surface area is 75.9 Å². The van der Waals surface area contributed by atoms with Crippen molar-refractivity contribution in [1.82, 2.24) is 5.32 Å². The topological polar surface area (TPSA) is 49.3 Å². The standard InChI is InChI=1S/C8H13NO2S/c10-7(11)8-2-1-3-9-6(8)4-12-5-8/h6,9H,1-5H2,(H,10,11). The third-order valence-electron chi connectivity index (χ3n) is 2.93. The molecule has 2 rings (SSSR count). The highest BCUT2D eigenvalue weighted by Gasteiger charge is 2.50. The number of hydrogen-bond acceptors (Lipinski definition) is 3. The van der Waals surface area contributed by atoms with E-state index in [2.05, 4.69) is 5.32 Å². The first-order valence-corrected chi connectivity index (χ1v) is 5.46. The molecule has 2 atom stereocenters. The van der Waals surface area contributed by atoms with Crippen LogP contribution in [0.15, 0.2) is 0 Å². The molecule has 0 saturated carbocycles. The Bertz CT molecular complexity index is 209. The van der Waals surface area contributed by atoms with Crippen LogP contribution in [-0.4, -0.2) is 35.2 Å². The van der Waals surface area contributed by atoms with Gasteiger partial charge in [-0.3, -0.25) is 4.79 Å². The minimum atomic E-state index is -0.607. The van der Waals surface area contributed by atoms with E-state index in [4.69, 9.17) is 5.11 Å². The molecule has 12 heavy (non-hydrogen) atoms. The molecule has 2 N–H and O–H groups in total. The highest BCUT2D eigenvalue weighted by molar-refractivity contribution is 7.99. The zero-order valence-corrected chi connectivity index (χ0v) is 7.69. The van der Waals surface area contributed by atoms with Gasteiger partial charge in [-0.2, -0.15) is 11.8 Å². The maximum Gasteiger partial charge on any atom is 0.312 e. The zero-order chi connectivity index (χ0) is 8.60. The molecule has 0 aromatic heterocycles. The fourth-order valence-electron chi connectivity index (χ4n) is 2.12. The summed E-state index contributed by atoms with van der Waals surface area (Å²) < 4.78 is 0. The van der Waals surface area contributed by atoms with Crippen LogP contribution < -0.4 is 5.32 Å². The smallest absolute Gasteiger partial charge is 0.312 e. The van der Waals surface area contributed by atoms with Gasteiger partial charge in [0, 0.05) is 17.5 Å². The van der Waals surface area contributed by atoms with Gasteiger partial charge in [0.25, 0.3) is 0 Å². The molecule has 2 unspecified atom stereocenters. The Kier molecular flexibility index (Phi) is 2.04. The van der Waals surface area contributed by atoms with Gasteiger partial charge in [0.15, 0.2) is 0 Å². The van der Waals surface area contributed by atoms with Crippen LogP contribution in [-0.2, 0) is 4.79 Å². The van der Waals surface area contributed by atoms with E-state index in [0.29, 0.717) is 0 Å². The largest absolute Gasteiger partial charge is 0.481 e. The van der Waals surface area contributed by atoms with Crippen LogP contribution in [0, 0.1) is 5.41 Å². The summed E-state index contributed by atoms with van der Waals surface area (Å²) in [5.41, 5.74) is -0.442. The molecule has 3 nitrogen and oxygen atoms in total. The number of hydrogen-bond donors (Lipinski definition) is 2. The van der Waals surface area contributed by atoms with E-state index < -0.39 is 11.4 Å². The van der Waals surface area contributed by atoms with Gasteiger partial charge >= 0.3 is 5.97 Å². The van der Waals surface area contributed by atoms with Gasteiger partial charge in [0.2, 0.25) is 0 Å². The van der Waals surface area contributed by atoms with Crippen molar-refractivity contribution < 1.29 is 9.90 Å². The van der Waals surface area contributed by atoms with E-state index in [-0.39, 0.29) is 6.04 Å². The van der Waals surface area contributed by atoms with Crippen molar-refractivity contribution in [2.24, 2.45) is 5.41 Å². The van der Waals surface area contributed by atoms with Gasteiger partial charge < -0.3 is 10.4 Å². The number of piperidine rings is 1. The highest BCUT2D eigenvalue weighted by atomic mass is 32.2. The lowest BCUT2D eigenvalue weighted by molar-refractivity contribution is -0.150. The van der Waals surface area contributed by atoms with Crippen molar-refractivity contribution in [1.29, 1.82) is 0 Å². The maximum absolute atomic E-state index is 11.1. The average Bonchev–Trinajstić information content (AvgIpc) is 2.48. The minimum absolute atomic E-state index is 0.216. The lowest BCUT2D eigenvalue weighted by Gasteiger charge is -2.35. The molecule has 0 bridgehead atoms. The van der Waals surface area contributed by atoms with Crippen molar-refractivity contribution in [2.45, 2.75) is 18.9 Å². The second kappa shape index (κ2) is 2.92. The molecule has 0 aromatic rings. The summed E-state index contributed by atoms with van der Waals surface area (Å²) in [5.74, 6) is 1.15. The highest BCUT2D eigenvalue weighted by Crippen LogP contribution is 2.42. The van der Waals surface area contributed by atoms with Crippen LogP contribution in [0.1, 0.15) is 12.8 Å². The van der Waals surface area contributed by atoms with Crippen LogP contribution in [0.3, 0.4) is 0 Å². The van der Waals surface area contributed by atoms with Crippen molar-refractivity contribution in [3.63, 3.8) is 0 Å². The van der Waals surface area contributed by atoms with Crippen LogP contribution in [0.2, 0.25) is 0 Å². The van der Waals surface area contributed by atoms with Gasteiger partial charge in [0.1, 0.15) is 0 Å². The van der Waals surface area contributed by atoms with Crippen molar-refractivity contribution in [2.75, 3.05) is 18.1 Å². The lowest BCUT2D eigenvalue weighted by Crippen LogP contribution is -2.53. The summed E-state index contributed by atoms with van der Waals surface area (Å²) in [7, 11) is 0. The first kappa shape index (κ1) is 8.38. The second-order valence-corrected chi connectivity index (χ2v) is 4.62. The Morgan fingerprint density at radius 3 is 3.17 bits per heavy atom. The van der Waals surface area contributed by atoms with E-state index in [9.17, 15) is 4.79 Å². The van der Waals surface area contributed by atoms with Gasteiger partial charge in [-0.15, -0.1) is 0 Å². The molecule has 2 aliphatic rings. The fraction of sp³-hybridized carbons (Fsp3) is 0.875. The molecule has 0 radical (unpaired) electrons. The molecular weight excluding hydrogens is 174 g/mol. The van der Waals surface area contributed by atoms with Gasteiger partial charge in [0.05, 0.1) is 5.41 Å². The number of fused-ring (bicyclic) bond motifs is 1. The SMILES string of the molecule is O=C(O)C12CCCNC1CSC2. The Morgan fingerprint density at radius 1 is 1.67 bits per heavy atom. The molecule has 0 spiro atoms. The Morgan fingerprint density at radius 2 is 2.50 bits per heavy atom. The molecule has 2 fully saturated rings. The fourth-order valence-corrected chi connectivity index (χ4v) is 3.74. The first-order chi connectivity index (χ1) is 5.76. The Hall–Kier alpha value is -0.220. The van der Waals surface area contributed by atoms with Crippen molar-refractivity contribution >= 4 is 17.7 Å². The molecule has 68 valence electrons. The molecule has 0 amide bonds. The first-order valence-electron chi connectivity index (χ1n) is 4.30. The number of rotatable bonds is 1. The summed E-state index contributed by atoms with van der Waals surface area (Å²) in [5, 5.41) is 12.4. The predicted octanol–water partition coefficient (Wildman–Crippen LogP) is 0.556. The normalized spacial score (nSPS) is 40.8. The number of carboxylic acid groups (broad SMARTS) is 1. The third kappa shape index (κ3) is 1.05. The van der Waals surface area contributed by atoms with Crippen LogP contribution in [0.4, 0.5) is 0 Å². The van der Waals surface area contributed by atoms with Crippen molar-refractivity contribution in [3.05, 3.63) is 0 Å². The van der Waals surface area contributed by atoms with Gasteiger partial charge in [-0.25, -0.2) is 0 Å². The minimum Gasteiger partial charge on any atom is -0.481 e. The van der Waals surface area contributed by atoms with E-state index in [1.54, 1.807) is 11.8 Å². The van der Waals surface area contributed by atoms with Crippen LogP contribution in [0.5, 0.6) is 0 Å². The predicted molar refractivity (Wildman–Crippen MR) is 48.4 cm³/mol. The third-order valence-corrected chi connectivity index (χ3v) is 4.22. The van der Waals surface area contributed by atoms with E-state index in [0.717, 1.165) is 30.9 Å². The molecular formula is C8H13NO2S. The monoisotopic (exact) mass is 187 g/mol. The lowest BCUT2D eigenvalue weighted by atomic mass is 9.76. The van der Waals surface area contributed by atoms with E-state index >= 15 is 0 Å². The van der Waals surface area contributed by atoms with E-state index in [1.807, 2.05) is 0 Å². The molecule has 4 heteroatoms. The number of carboxylic acids is 1. The van der Waals surface area contributed by atoms with Gasteiger partial charge in [-0.1, -0.05) is 0 Å². The summed E-state index contributed by atoms with van der Waals surface area (Å²) >= 11 is 1.76. The summed E-state index contributed by atoms with van der Waals surface area (Å²) in [6, 6.07) is 0.216. The maximum atomic E-state index is 11.1. The molecule has 2 aliphatic heterocycles. The summed E-state index contributed by atoms with van der Waals surface area (Å²) in [4.78, 5) is 11.1. The summed E-state index contributed by atoms with van der Waals surface area (Å²) in [6.07, 6.45) is 1.86. The number of nitrogens with one attached hydrogen (secondary N) is 1. The van der Waals surface area contributed by atoms with E-state index in [1.165, 1.54) is 0 Å². The quantitative estimate of drug-likeness (QED) is 0.629. The molecule has 0 aromatic carbocycles. The number of thioether (sulfide) groups is 1.